The van der Waals surface area contributed by atoms with E-state index in [-0.39, 0.29) is 11.6 Å². The van der Waals surface area contributed by atoms with E-state index < -0.39 is 6.61 Å². The Balaban J connectivity index is 2.29. The smallest absolute Gasteiger partial charge is 0.387 e. The van der Waals surface area contributed by atoms with Crippen molar-refractivity contribution >= 4 is 0 Å². The summed E-state index contributed by atoms with van der Waals surface area (Å²) >= 11 is 0. The lowest BCUT2D eigenvalue weighted by Crippen LogP contribution is -2.01. The zero-order valence-corrected chi connectivity index (χ0v) is 8.66. The van der Waals surface area contributed by atoms with Gasteiger partial charge < -0.3 is 4.74 Å². The number of rotatable bonds is 3. The molecular weight excluding hydrogens is 229 g/mol. The third-order valence-corrected chi connectivity index (χ3v) is 2.15. The molecule has 17 heavy (non-hydrogen) atoms. The molecule has 0 amide bonds. The van der Waals surface area contributed by atoms with E-state index in [9.17, 15) is 13.2 Å². The van der Waals surface area contributed by atoms with Gasteiger partial charge in [0.1, 0.15) is 11.6 Å². The van der Waals surface area contributed by atoms with Crippen molar-refractivity contribution in [1.82, 2.24) is 0 Å². The van der Waals surface area contributed by atoms with Crippen molar-refractivity contribution in [2.75, 3.05) is 0 Å². The van der Waals surface area contributed by atoms with E-state index >= 15 is 0 Å². The Kier molecular flexibility index (Phi) is 3.32. The third kappa shape index (κ3) is 3.00. The molecule has 0 saturated carbocycles. The standard InChI is InChI=1S/C13H8F3O/c14-11-6-4-9(5-7-11)10-2-1-3-12(8-10)17-13(15)16/h1,3-8,13H. The normalized spacial score (nSPS) is 10.6. The second-order valence-corrected chi connectivity index (χ2v) is 3.32. The van der Waals surface area contributed by atoms with Gasteiger partial charge in [-0.15, -0.1) is 0 Å². The number of alkyl halides is 2. The molecule has 0 unspecified atom stereocenters. The Morgan fingerprint density at radius 3 is 2.41 bits per heavy atom. The van der Waals surface area contributed by atoms with Gasteiger partial charge in [-0.2, -0.15) is 8.78 Å². The zero-order valence-electron chi connectivity index (χ0n) is 8.66. The zero-order chi connectivity index (χ0) is 12.3. The second-order valence-electron chi connectivity index (χ2n) is 3.32. The average Bonchev–Trinajstić information content (AvgIpc) is 2.29. The van der Waals surface area contributed by atoms with Crippen LogP contribution in [0.5, 0.6) is 5.75 Å². The molecule has 0 saturated heterocycles. The van der Waals surface area contributed by atoms with Crippen molar-refractivity contribution in [3.63, 3.8) is 0 Å². The maximum absolute atomic E-state index is 12.7. The number of ether oxygens (including phenoxy) is 1. The van der Waals surface area contributed by atoms with Gasteiger partial charge in [0.15, 0.2) is 0 Å². The van der Waals surface area contributed by atoms with Gasteiger partial charge in [-0.25, -0.2) is 4.39 Å². The molecule has 0 aliphatic heterocycles. The summed E-state index contributed by atoms with van der Waals surface area (Å²) in [4.78, 5) is 0. The van der Waals surface area contributed by atoms with Gasteiger partial charge in [0.05, 0.1) is 0 Å². The van der Waals surface area contributed by atoms with Crippen LogP contribution >= 0.6 is 0 Å². The lowest BCUT2D eigenvalue weighted by atomic mass is 10.1. The molecule has 0 aliphatic rings. The molecule has 0 aliphatic carbocycles. The molecule has 0 aromatic heterocycles. The molecule has 1 radical (unpaired) electrons. The highest BCUT2D eigenvalue weighted by molar-refractivity contribution is 5.64. The van der Waals surface area contributed by atoms with Crippen molar-refractivity contribution in [1.29, 1.82) is 0 Å². The minimum absolute atomic E-state index is 0.0538. The van der Waals surface area contributed by atoms with Gasteiger partial charge in [-0.05, 0) is 41.5 Å². The van der Waals surface area contributed by atoms with Crippen LogP contribution < -0.4 is 4.74 Å². The molecule has 0 bridgehead atoms. The summed E-state index contributed by atoms with van der Waals surface area (Å²) in [5.74, 6) is -0.299. The molecule has 0 atom stereocenters. The van der Waals surface area contributed by atoms with Crippen LogP contribution in [0.2, 0.25) is 0 Å². The highest BCUT2D eigenvalue weighted by atomic mass is 19.3. The fraction of sp³-hybridized carbons (Fsp3) is 0.0769. The summed E-state index contributed by atoms with van der Waals surface area (Å²) in [7, 11) is 0. The number of hydrogen-bond acceptors (Lipinski definition) is 1. The maximum Gasteiger partial charge on any atom is 0.387 e. The largest absolute Gasteiger partial charge is 0.435 e. The molecule has 2 rings (SSSR count). The number of benzene rings is 2. The van der Waals surface area contributed by atoms with Crippen LogP contribution in [0.25, 0.3) is 11.1 Å². The van der Waals surface area contributed by atoms with E-state index in [1.54, 1.807) is 12.1 Å². The summed E-state index contributed by atoms with van der Waals surface area (Å²) in [5, 5.41) is 0. The lowest BCUT2D eigenvalue weighted by Gasteiger charge is -2.06. The van der Waals surface area contributed by atoms with Crippen molar-refractivity contribution in [3.05, 3.63) is 54.3 Å². The van der Waals surface area contributed by atoms with Gasteiger partial charge >= 0.3 is 6.61 Å². The van der Waals surface area contributed by atoms with Crippen LogP contribution in [0.1, 0.15) is 0 Å². The fourth-order valence-electron chi connectivity index (χ4n) is 1.42. The van der Waals surface area contributed by atoms with E-state index in [1.807, 2.05) is 0 Å². The van der Waals surface area contributed by atoms with Crippen LogP contribution in [0.3, 0.4) is 0 Å². The molecule has 4 heteroatoms. The molecule has 0 heterocycles. The van der Waals surface area contributed by atoms with Crippen molar-refractivity contribution in [3.8, 4) is 16.9 Å². The van der Waals surface area contributed by atoms with E-state index in [0.29, 0.717) is 11.1 Å². The Hall–Kier alpha value is -1.97. The highest BCUT2D eigenvalue weighted by Crippen LogP contribution is 2.24. The van der Waals surface area contributed by atoms with Crippen LogP contribution in [0.4, 0.5) is 13.2 Å². The summed E-state index contributed by atoms with van der Waals surface area (Å²) < 4.78 is 41.0. The molecule has 87 valence electrons. The number of halogens is 3. The summed E-state index contributed by atoms with van der Waals surface area (Å²) in [6, 6.07) is 12.9. The molecule has 2 aromatic carbocycles. The molecule has 0 spiro atoms. The third-order valence-electron chi connectivity index (χ3n) is 2.15. The second kappa shape index (κ2) is 4.91. The first-order valence-electron chi connectivity index (χ1n) is 4.87. The first-order chi connectivity index (χ1) is 8.15. The van der Waals surface area contributed by atoms with E-state index in [2.05, 4.69) is 10.8 Å². The van der Waals surface area contributed by atoms with Crippen molar-refractivity contribution in [2.45, 2.75) is 6.61 Å². The average molecular weight is 237 g/mol. The topological polar surface area (TPSA) is 9.23 Å². The van der Waals surface area contributed by atoms with Crippen molar-refractivity contribution in [2.24, 2.45) is 0 Å². The van der Waals surface area contributed by atoms with Gasteiger partial charge in [0.25, 0.3) is 0 Å². The predicted octanol–water partition coefficient (Wildman–Crippen LogP) is 3.89. The molecule has 0 N–H and O–H groups in total. The van der Waals surface area contributed by atoms with E-state index in [4.69, 9.17) is 0 Å². The monoisotopic (exact) mass is 237 g/mol. The summed E-state index contributed by atoms with van der Waals surface area (Å²) in [6.45, 7) is -2.86. The predicted molar refractivity (Wildman–Crippen MR) is 57.3 cm³/mol. The number of hydrogen-bond donors (Lipinski definition) is 0. The minimum atomic E-state index is -2.86. The first-order valence-corrected chi connectivity index (χ1v) is 4.87. The highest BCUT2D eigenvalue weighted by Gasteiger charge is 2.05. The minimum Gasteiger partial charge on any atom is -0.435 e. The van der Waals surface area contributed by atoms with Gasteiger partial charge in [0.2, 0.25) is 0 Å². The van der Waals surface area contributed by atoms with Gasteiger partial charge in [-0.1, -0.05) is 18.2 Å². The molecule has 0 fully saturated rings. The van der Waals surface area contributed by atoms with Gasteiger partial charge in [-0.3, -0.25) is 0 Å². The molecular formula is C13H8F3O. The maximum atomic E-state index is 12.7. The van der Waals surface area contributed by atoms with E-state index in [0.717, 1.165) is 0 Å². The fourth-order valence-corrected chi connectivity index (χ4v) is 1.42. The Morgan fingerprint density at radius 1 is 1.06 bits per heavy atom. The summed E-state index contributed by atoms with van der Waals surface area (Å²) in [6.07, 6.45) is 0. The van der Waals surface area contributed by atoms with Crippen LogP contribution in [0.15, 0.2) is 42.5 Å². The van der Waals surface area contributed by atoms with Gasteiger partial charge in [0, 0.05) is 0 Å². The summed E-state index contributed by atoms with van der Waals surface area (Å²) in [5.41, 5.74) is 1.26. The first kappa shape index (κ1) is 11.5. The molecule has 2 aromatic rings. The van der Waals surface area contributed by atoms with E-state index in [1.165, 1.54) is 30.3 Å². The quantitative estimate of drug-likeness (QED) is 0.786. The Bertz CT molecular complexity index is 494. The lowest BCUT2D eigenvalue weighted by molar-refractivity contribution is -0.0498. The SMILES string of the molecule is Fc1ccc(-c2[c]ccc(OC(F)F)c2)cc1. The Morgan fingerprint density at radius 2 is 1.76 bits per heavy atom. The Labute approximate surface area is 96.5 Å². The van der Waals surface area contributed by atoms with Crippen molar-refractivity contribution < 1.29 is 17.9 Å². The van der Waals surface area contributed by atoms with Crippen LogP contribution in [-0.2, 0) is 0 Å². The van der Waals surface area contributed by atoms with Crippen LogP contribution in [0, 0.1) is 11.9 Å². The molecule has 1 nitrogen and oxygen atoms in total. The van der Waals surface area contributed by atoms with Crippen LogP contribution in [-0.4, -0.2) is 6.61 Å².